The fourth-order valence-electron chi connectivity index (χ4n) is 1.73. The summed E-state index contributed by atoms with van der Waals surface area (Å²) >= 11 is 0. The Balaban J connectivity index is 2.03. The van der Waals surface area contributed by atoms with Crippen LogP contribution in [0.25, 0.3) is 0 Å². The molecule has 0 aromatic heterocycles. The molecule has 110 valence electrons. The third-order valence-electron chi connectivity index (χ3n) is 2.75. The van der Waals surface area contributed by atoms with Gasteiger partial charge in [0, 0.05) is 11.1 Å². The Kier molecular flexibility index (Phi) is 6.10. The Morgan fingerprint density at radius 1 is 0.870 bits per heavy atom. The van der Waals surface area contributed by atoms with Crippen LogP contribution in [-0.2, 0) is 4.74 Å². The molecular formula is C21H14O2. The molecule has 0 unspecified atom stereocenters. The van der Waals surface area contributed by atoms with Gasteiger partial charge in [-0.2, -0.15) is 0 Å². The van der Waals surface area contributed by atoms with E-state index in [2.05, 4.69) is 35.5 Å². The van der Waals surface area contributed by atoms with Crippen molar-refractivity contribution >= 4 is 5.97 Å². The first-order chi connectivity index (χ1) is 11.3. The summed E-state index contributed by atoms with van der Waals surface area (Å²) in [6, 6.07) is 16.6. The van der Waals surface area contributed by atoms with E-state index < -0.39 is 0 Å². The summed E-state index contributed by atoms with van der Waals surface area (Å²) in [7, 11) is 0. The van der Waals surface area contributed by atoms with Gasteiger partial charge in [-0.15, -0.1) is 0 Å². The molecule has 2 aromatic rings. The predicted molar refractivity (Wildman–Crippen MR) is 90.4 cm³/mol. The lowest BCUT2D eigenvalue weighted by atomic mass is 10.1. The second-order valence-electron chi connectivity index (χ2n) is 4.42. The zero-order valence-electron chi connectivity index (χ0n) is 12.7. The molecule has 2 heteroatoms. The Morgan fingerprint density at radius 2 is 1.52 bits per heavy atom. The molecule has 0 radical (unpaired) electrons. The quantitative estimate of drug-likeness (QED) is 0.628. The molecule has 0 heterocycles. The molecule has 0 aliphatic heterocycles. The van der Waals surface area contributed by atoms with E-state index in [1.807, 2.05) is 36.4 Å². The van der Waals surface area contributed by atoms with Crippen LogP contribution in [0.15, 0.2) is 54.6 Å². The van der Waals surface area contributed by atoms with Crippen LogP contribution in [0.1, 0.15) is 28.4 Å². The normalized spacial score (nSPS) is 8.39. The maximum Gasteiger partial charge on any atom is 0.338 e. The largest absolute Gasteiger partial charge is 0.462 e. The lowest BCUT2D eigenvalue weighted by molar-refractivity contribution is 0.0526. The van der Waals surface area contributed by atoms with Crippen molar-refractivity contribution in [2.24, 2.45) is 0 Å². The third-order valence-corrected chi connectivity index (χ3v) is 2.75. The summed E-state index contributed by atoms with van der Waals surface area (Å²) in [6.45, 7) is 2.12. The summed E-state index contributed by atoms with van der Waals surface area (Å²) in [6.07, 6.45) is 0. The standard InChI is InChI=1S/C21H14O2/c1-2-23-21(22)20-16-10-15-19(17-20)14-7-4-3-6-11-18-12-8-5-9-13-18/h5,8-10,12-13,15-17H,2H2,1H3. The minimum Gasteiger partial charge on any atom is -0.462 e. The van der Waals surface area contributed by atoms with Crippen LogP contribution in [0.4, 0.5) is 0 Å². The molecule has 2 rings (SSSR count). The van der Waals surface area contributed by atoms with E-state index in [0.29, 0.717) is 17.7 Å². The molecular weight excluding hydrogens is 284 g/mol. The monoisotopic (exact) mass is 298 g/mol. The van der Waals surface area contributed by atoms with Crippen LogP contribution < -0.4 is 0 Å². The van der Waals surface area contributed by atoms with Gasteiger partial charge in [0.25, 0.3) is 0 Å². The Labute approximate surface area is 136 Å². The maximum atomic E-state index is 11.6. The molecule has 0 amide bonds. The molecule has 2 nitrogen and oxygen atoms in total. The Morgan fingerprint density at radius 3 is 2.22 bits per heavy atom. The van der Waals surface area contributed by atoms with Crippen molar-refractivity contribution in [2.75, 3.05) is 6.61 Å². The van der Waals surface area contributed by atoms with Crippen LogP contribution in [0.5, 0.6) is 0 Å². The average molecular weight is 298 g/mol. The van der Waals surface area contributed by atoms with Gasteiger partial charge in [0.15, 0.2) is 0 Å². The van der Waals surface area contributed by atoms with Crippen LogP contribution >= 0.6 is 0 Å². The molecule has 0 saturated heterocycles. The fourth-order valence-corrected chi connectivity index (χ4v) is 1.73. The van der Waals surface area contributed by atoms with Gasteiger partial charge in [-0.05, 0) is 60.9 Å². The number of carbonyl (C=O) groups excluding carboxylic acids is 1. The van der Waals surface area contributed by atoms with Gasteiger partial charge < -0.3 is 4.74 Å². The van der Waals surface area contributed by atoms with Gasteiger partial charge in [-0.3, -0.25) is 0 Å². The first-order valence-corrected chi connectivity index (χ1v) is 7.14. The zero-order chi connectivity index (χ0) is 16.3. The number of rotatable bonds is 2. The number of hydrogen-bond acceptors (Lipinski definition) is 2. The highest BCUT2D eigenvalue weighted by atomic mass is 16.5. The van der Waals surface area contributed by atoms with E-state index >= 15 is 0 Å². The predicted octanol–water partition coefficient (Wildman–Crippen LogP) is 3.27. The van der Waals surface area contributed by atoms with Crippen LogP contribution in [0.2, 0.25) is 0 Å². The van der Waals surface area contributed by atoms with E-state index in [1.165, 1.54) is 0 Å². The Bertz CT molecular complexity index is 860. The van der Waals surface area contributed by atoms with E-state index in [9.17, 15) is 4.79 Å². The minimum atomic E-state index is -0.351. The van der Waals surface area contributed by atoms with Crippen LogP contribution in [-0.4, -0.2) is 12.6 Å². The SMILES string of the molecule is CCOC(=O)c1cccc(C#CC#CC#Cc2ccccc2)c1. The van der Waals surface area contributed by atoms with Crippen molar-refractivity contribution in [3.63, 3.8) is 0 Å². The maximum absolute atomic E-state index is 11.6. The van der Waals surface area contributed by atoms with E-state index in [4.69, 9.17) is 4.74 Å². The second kappa shape index (κ2) is 8.78. The van der Waals surface area contributed by atoms with Crippen molar-refractivity contribution < 1.29 is 9.53 Å². The molecule has 0 bridgehead atoms. The van der Waals surface area contributed by atoms with E-state index in [1.54, 1.807) is 25.1 Å². The van der Waals surface area contributed by atoms with Crippen molar-refractivity contribution in [2.45, 2.75) is 6.92 Å². The minimum absolute atomic E-state index is 0.348. The van der Waals surface area contributed by atoms with Crippen molar-refractivity contribution in [1.82, 2.24) is 0 Å². The molecule has 0 saturated carbocycles. The lowest BCUT2D eigenvalue weighted by Crippen LogP contribution is -2.04. The first-order valence-electron chi connectivity index (χ1n) is 7.14. The highest BCUT2D eigenvalue weighted by molar-refractivity contribution is 5.89. The molecule has 0 N–H and O–H groups in total. The van der Waals surface area contributed by atoms with Crippen LogP contribution in [0.3, 0.4) is 0 Å². The fraction of sp³-hybridized carbons (Fsp3) is 0.0952. The molecule has 0 spiro atoms. The van der Waals surface area contributed by atoms with E-state index in [-0.39, 0.29) is 5.97 Å². The van der Waals surface area contributed by atoms with Crippen molar-refractivity contribution in [3.8, 4) is 35.5 Å². The van der Waals surface area contributed by atoms with Gasteiger partial charge in [0.2, 0.25) is 0 Å². The molecule has 23 heavy (non-hydrogen) atoms. The molecule has 0 aliphatic rings. The summed E-state index contributed by atoms with van der Waals surface area (Å²) in [4.78, 5) is 11.6. The van der Waals surface area contributed by atoms with Gasteiger partial charge in [0.1, 0.15) is 0 Å². The summed E-state index contributed by atoms with van der Waals surface area (Å²) < 4.78 is 4.95. The van der Waals surface area contributed by atoms with Gasteiger partial charge in [-0.1, -0.05) is 36.1 Å². The average Bonchev–Trinajstić information content (AvgIpc) is 2.59. The Hall–Kier alpha value is -3.41. The molecule has 2 aromatic carbocycles. The lowest BCUT2D eigenvalue weighted by Gasteiger charge is -2.01. The molecule has 0 aliphatic carbocycles. The topological polar surface area (TPSA) is 26.3 Å². The van der Waals surface area contributed by atoms with E-state index in [0.717, 1.165) is 5.56 Å². The van der Waals surface area contributed by atoms with Crippen molar-refractivity contribution in [3.05, 3.63) is 71.3 Å². The summed E-state index contributed by atoms with van der Waals surface area (Å²) in [5.74, 6) is 16.3. The second-order valence-corrected chi connectivity index (χ2v) is 4.42. The first kappa shape index (κ1) is 16.0. The number of carbonyl (C=O) groups is 1. The number of benzene rings is 2. The highest BCUT2D eigenvalue weighted by Gasteiger charge is 2.05. The summed E-state index contributed by atoms with van der Waals surface area (Å²) in [5.41, 5.74) is 2.10. The van der Waals surface area contributed by atoms with Gasteiger partial charge in [-0.25, -0.2) is 4.79 Å². The zero-order valence-corrected chi connectivity index (χ0v) is 12.7. The van der Waals surface area contributed by atoms with Crippen molar-refractivity contribution in [1.29, 1.82) is 0 Å². The third kappa shape index (κ3) is 5.47. The molecule has 0 fully saturated rings. The number of hydrogen-bond donors (Lipinski definition) is 0. The smallest absolute Gasteiger partial charge is 0.338 e. The number of esters is 1. The van der Waals surface area contributed by atoms with Gasteiger partial charge >= 0.3 is 5.97 Å². The molecule has 0 atom stereocenters. The summed E-state index contributed by atoms with van der Waals surface area (Å²) in [5, 5.41) is 0. The number of ether oxygens (including phenoxy) is 1. The highest BCUT2D eigenvalue weighted by Crippen LogP contribution is 2.05. The van der Waals surface area contributed by atoms with Crippen LogP contribution in [0, 0.1) is 35.5 Å². The van der Waals surface area contributed by atoms with Gasteiger partial charge in [0.05, 0.1) is 12.2 Å².